The van der Waals surface area contributed by atoms with Crippen molar-refractivity contribution in [2.24, 2.45) is 0 Å². The normalized spacial score (nSPS) is 11.8. The van der Waals surface area contributed by atoms with Crippen molar-refractivity contribution in [3.63, 3.8) is 0 Å². The van der Waals surface area contributed by atoms with Crippen LogP contribution in [0.2, 0.25) is 0 Å². The van der Waals surface area contributed by atoms with Crippen LogP contribution in [0.5, 0.6) is 0 Å². The number of nitrogens with zero attached hydrogens (tertiary/aromatic N) is 1. The molecular formula is C6H10N2O3S. The summed E-state index contributed by atoms with van der Waals surface area (Å²) in [6.07, 6.45) is 1.40. The third-order valence-corrected chi connectivity index (χ3v) is 2.69. The van der Waals surface area contributed by atoms with E-state index < -0.39 is 10.0 Å². The fourth-order valence-electron chi connectivity index (χ4n) is 0.615. The molecule has 0 saturated heterocycles. The predicted molar refractivity (Wildman–Crippen MR) is 42.8 cm³/mol. The van der Waals surface area contributed by atoms with E-state index >= 15 is 0 Å². The maximum absolute atomic E-state index is 10.9. The molecule has 5 nitrogen and oxygen atoms in total. The minimum atomic E-state index is -3.13. The Morgan fingerprint density at radius 1 is 1.67 bits per heavy atom. The van der Waals surface area contributed by atoms with Gasteiger partial charge in [0.25, 0.3) is 0 Å². The maximum Gasteiger partial charge on any atom is 0.211 e. The summed E-state index contributed by atoms with van der Waals surface area (Å²) < 4.78 is 28.7. The molecule has 0 saturated carbocycles. The number of rotatable bonds is 4. The molecule has 0 aliphatic heterocycles. The molecule has 1 rings (SSSR count). The fourth-order valence-corrected chi connectivity index (χ4v) is 1.19. The zero-order chi connectivity index (χ0) is 9.03. The summed E-state index contributed by atoms with van der Waals surface area (Å²) in [4.78, 5) is 0. The zero-order valence-corrected chi connectivity index (χ0v) is 7.47. The van der Waals surface area contributed by atoms with Gasteiger partial charge in [0.1, 0.15) is 6.26 Å². The van der Waals surface area contributed by atoms with Crippen molar-refractivity contribution in [2.75, 3.05) is 5.75 Å². The van der Waals surface area contributed by atoms with E-state index in [1.165, 1.54) is 6.26 Å². The van der Waals surface area contributed by atoms with Gasteiger partial charge in [0, 0.05) is 6.07 Å². The number of hydrogen-bond acceptors (Lipinski definition) is 4. The lowest BCUT2D eigenvalue weighted by Gasteiger charge is -1.99. The smallest absolute Gasteiger partial charge is 0.211 e. The second-order valence-corrected chi connectivity index (χ2v) is 4.31. The topological polar surface area (TPSA) is 72.2 Å². The molecular weight excluding hydrogens is 180 g/mol. The van der Waals surface area contributed by atoms with Crippen LogP contribution in [0.15, 0.2) is 16.9 Å². The highest BCUT2D eigenvalue weighted by Crippen LogP contribution is 1.94. The fraction of sp³-hybridized carbons (Fsp3) is 0.500. The summed E-state index contributed by atoms with van der Waals surface area (Å²) >= 11 is 0. The van der Waals surface area contributed by atoms with E-state index in [2.05, 4.69) is 14.4 Å². The highest BCUT2D eigenvalue weighted by atomic mass is 32.2. The molecule has 68 valence electrons. The van der Waals surface area contributed by atoms with Crippen molar-refractivity contribution < 1.29 is 12.9 Å². The van der Waals surface area contributed by atoms with Crippen LogP contribution in [0.4, 0.5) is 0 Å². The van der Waals surface area contributed by atoms with E-state index in [-0.39, 0.29) is 12.3 Å². The van der Waals surface area contributed by atoms with Crippen molar-refractivity contribution >= 4 is 10.0 Å². The van der Waals surface area contributed by atoms with Crippen LogP contribution in [-0.2, 0) is 16.6 Å². The van der Waals surface area contributed by atoms with Gasteiger partial charge in [0.05, 0.1) is 18.0 Å². The molecule has 0 bridgehead atoms. The highest BCUT2D eigenvalue weighted by Gasteiger charge is 2.06. The van der Waals surface area contributed by atoms with Crippen LogP contribution in [0.3, 0.4) is 0 Å². The molecule has 12 heavy (non-hydrogen) atoms. The lowest BCUT2D eigenvalue weighted by Crippen LogP contribution is -2.24. The highest BCUT2D eigenvalue weighted by molar-refractivity contribution is 7.89. The van der Waals surface area contributed by atoms with Crippen LogP contribution in [-0.4, -0.2) is 19.3 Å². The quantitative estimate of drug-likeness (QED) is 0.731. The minimum Gasteiger partial charge on any atom is -0.364 e. The Labute approximate surface area is 70.8 Å². The van der Waals surface area contributed by atoms with E-state index in [4.69, 9.17) is 0 Å². The molecule has 0 spiro atoms. The summed E-state index contributed by atoms with van der Waals surface area (Å²) in [6, 6.07) is 1.61. The van der Waals surface area contributed by atoms with Gasteiger partial charge in [-0.2, -0.15) is 0 Å². The molecule has 0 fully saturated rings. The van der Waals surface area contributed by atoms with Crippen molar-refractivity contribution in [1.29, 1.82) is 0 Å². The second-order valence-electron chi connectivity index (χ2n) is 2.22. The number of aromatic nitrogens is 1. The maximum atomic E-state index is 10.9. The summed E-state index contributed by atoms with van der Waals surface area (Å²) in [5.74, 6) is 0.0743. The summed E-state index contributed by atoms with van der Waals surface area (Å²) in [7, 11) is -3.13. The Morgan fingerprint density at radius 2 is 2.42 bits per heavy atom. The van der Waals surface area contributed by atoms with Gasteiger partial charge in [0.15, 0.2) is 0 Å². The van der Waals surface area contributed by atoms with E-state index in [0.29, 0.717) is 5.69 Å². The third-order valence-electron chi connectivity index (χ3n) is 1.34. The van der Waals surface area contributed by atoms with Crippen LogP contribution >= 0.6 is 0 Å². The Hall–Kier alpha value is -0.880. The van der Waals surface area contributed by atoms with Crippen LogP contribution in [0, 0.1) is 0 Å². The first-order valence-corrected chi connectivity index (χ1v) is 5.16. The zero-order valence-electron chi connectivity index (χ0n) is 6.65. The minimum absolute atomic E-state index is 0.0743. The van der Waals surface area contributed by atoms with Gasteiger partial charge in [-0.3, -0.25) is 0 Å². The third kappa shape index (κ3) is 2.63. The Morgan fingerprint density at radius 3 is 2.92 bits per heavy atom. The Kier molecular flexibility index (Phi) is 2.83. The summed E-state index contributed by atoms with van der Waals surface area (Å²) in [6.45, 7) is 1.76. The molecule has 1 N–H and O–H groups in total. The average Bonchev–Trinajstić information content (AvgIpc) is 2.53. The molecule has 0 unspecified atom stereocenters. The lowest BCUT2D eigenvalue weighted by molar-refractivity contribution is 0.411. The Balaban J connectivity index is 2.47. The second kappa shape index (κ2) is 3.68. The molecule has 0 aliphatic carbocycles. The van der Waals surface area contributed by atoms with E-state index in [0.717, 1.165) is 0 Å². The number of nitrogens with one attached hydrogen (secondary N) is 1. The van der Waals surface area contributed by atoms with Crippen LogP contribution < -0.4 is 4.72 Å². The van der Waals surface area contributed by atoms with Crippen molar-refractivity contribution in [3.8, 4) is 0 Å². The first-order valence-electron chi connectivity index (χ1n) is 3.50. The molecule has 6 heteroatoms. The summed E-state index contributed by atoms with van der Waals surface area (Å²) in [5.41, 5.74) is 0.576. The molecule has 0 aromatic carbocycles. The van der Waals surface area contributed by atoms with Crippen molar-refractivity contribution in [1.82, 2.24) is 9.88 Å². The largest absolute Gasteiger partial charge is 0.364 e. The van der Waals surface area contributed by atoms with Gasteiger partial charge in [-0.25, -0.2) is 13.1 Å². The van der Waals surface area contributed by atoms with Crippen LogP contribution in [0.1, 0.15) is 12.6 Å². The molecule has 0 aliphatic rings. The number of sulfonamides is 1. The Bertz CT molecular complexity index is 317. The molecule has 1 aromatic rings. The van der Waals surface area contributed by atoms with Crippen LogP contribution in [0.25, 0.3) is 0 Å². The SMILES string of the molecule is CCS(=O)(=O)NCc1ccon1. The first-order chi connectivity index (χ1) is 5.64. The standard InChI is InChI=1S/C6H10N2O3S/c1-2-12(9,10)7-5-6-3-4-11-8-6/h3-4,7H,2,5H2,1H3. The van der Waals surface area contributed by atoms with E-state index in [1.54, 1.807) is 13.0 Å². The number of hydrogen-bond donors (Lipinski definition) is 1. The van der Waals surface area contributed by atoms with Crippen molar-refractivity contribution in [2.45, 2.75) is 13.5 Å². The van der Waals surface area contributed by atoms with Gasteiger partial charge in [-0.05, 0) is 6.92 Å². The van der Waals surface area contributed by atoms with Crippen molar-refractivity contribution in [3.05, 3.63) is 18.0 Å². The van der Waals surface area contributed by atoms with Gasteiger partial charge < -0.3 is 4.52 Å². The molecule has 1 heterocycles. The van der Waals surface area contributed by atoms with Gasteiger partial charge >= 0.3 is 0 Å². The molecule has 0 atom stereocenters. The van der Waals surface area contributed by atoms with E-state index in [1.807, 2.05) is 0 Å². The summed E-state index contributed by atoms with van der Waals surface area (Å²) in [5, 5.41) is 3.55. The molecule has 0 amide bonds. The first kappa shape index (κ1) is 9.21. The van der Waals surface area contributed by atoms with Gasteiger partial charge in [-0.15, -0.1) is 0 Å². The monoisotopic (exact) mass is 190 g/mol. The predicted octanol–water partition coefficient (Wildman–Crippen LogP) is 0.114. The average molecular weight is 190 g/mol. The lowest BCUT2D eigenvalue weighted by atomic mass is 10.5. The molecule has 0 radical (unpaired) electrons. The van der Waals surface area contributed by atoms with Gasteiger partial charge in [0.2, 0.25) is 10.0 Å². The molecule has 1 aromatic heterocycles. The van der Waals surface area contributed by atoms with E-state index in [9.17, 15) is 8.42 Å². The van der Waals surface area contributed by atoms with Gasteiger partial charge in [-0.1, -0.05) is 5.16 Å².